The molecule has 0 radical (unpaired) electrons. The molecule has 28 heavy (non-hydrogen) atoms. The maximum absolute atomic E-state index is 13.2. The first-order chi connectivity index (χ1) is 13.6. The van der Waals surface area contributed by atoms with E-state index in [9.17, 15) is 9.59 Å². The molecule has 0 aliphatic carbocycles. The van der Waals surface area contributed by atoms with Gasteiger partial charge in [0, 0.05) is 19.0 Å². The van der Waals surface area contributed by atoms with Crippen LogP contribution in [0.4, 0.5) is 0 Å². The van der Waals surface area contributed by atoms with Crippen molar-refractivity contribution in [3.05, 3.63) is 98.6 Å². The molecule has 0 spiro atoms. The first-order valence-corrected chi connectivity index (χ1v) is 9.88. The Morgan fingerprint density at radius 2 is 1.71 bits per heavy atom. The summed E-state index contributed by atoms with van der Waals surface area (Å²) in [6.45, 7) is 0.815. The number of thiophene rings is 1. The number of carbonyl (C=O) groups excluding carboxylic acids is 1. The van der Waals surface area contributed by atoms with E-state index in [0.717, 1.165) is 11.1 Å². The molecule has 0 aliphatic rings. The zero-order valence-electron chi connectivity index (χ0n) is 15.4. The lowest BCUT2D eigenvalue weighted by molar-refractivity contribution is 0.0779. The van der Waals surface area contributed by atoms with E-state index in [-0.39, 0.29) is 11.5 Å². The van der Waals surface area contributed by atoms with Gasteiger partial charge in [0.05, 0.1) is 11.9 Å². The Bertz CT molecular complexity index is 1170. The highest BCUT2D eigenvalue weighted by Crippen LogP contribution is 2.17. The van der Waals surface area contributed by atoms with Gasteiger partial charge in [0.15, 0.2) is 5.69 Å². The summed E-state index contributed by atoms with van der Waals surface area (Å²) in [6, 6.07) is 18.8. The minimum atomic E-state index is -0.204. The molecule has 0 fully saturated rings. The van der Waals surface area contributed by atoms with Crippen molar-refractivity contribution in [1.82, 2.24) is 14.7 Å². The van der Waals surface area contributed by atoms with Gasteiger partial charge in [-0.2, -0.15) is 16.4 Å². The van der Waals surface area contributed by atoms with Crippen LogP contribution in [0, 0.1) is 0 Å². The fourth-order valence-corrected chi connectivity index (χ4v) is 3.83. The van der Waals surface area contributed by atoms with Crippen molar-refractivity contribution >= 4 is 28.0 Å². The van der Waals surface area contributed by atoms with Crippen molar-refractivity contribution < 1.29 is 4.79 Å². The van der Waals surface area contributed by atoms with Crippen LogP contribution in [0.5, 0.6) is 0 Å². The second kappa shape index (κ2) is 7.78. The van der Waals surface area contributed by atoms with Gasteiger partial charge < -0.3 is 4.90 Å². The number of rotatable bonds is 5. The van der Waals surface area contributed by atoms with Gasteiger partial charge in [-0.25, -0.2) is 4.68 Å². The van der Waals surface area contributed by atoms with Gasteiger partial charge >= 0.3 is 0 Å². The molecular formula is C22H19N3O2S. The third kappa shape index (κ3) is 3.59. The monoisotopic (exact) mass is 389 g/mol. The van der Waals surface area contributed by atoms with Crippen LogP contribution in [0.2, 0.25) is 0 Å². The van der Waals surface area contributed by atoms with Gasteiger partial charge in [0.1, 0.15) is 0 Å². The van der Waals surface area contributed by atoms with E-state index < -0.39 is 0 Å². The molecule has 0 unspecified atom stereocenters. The van der Waals surface area contributed by atoms with Gasteiger partial charge in [-0.1, -0.05) is 48.5 Å². The molecule has 4 aromatic rings. The molecule has 0 saturated heterocycles. The van der Waals surface area contributed by atoms with Crippen LogP contribution in [-0.4, -0.2) is 27.6 Å². The molecule has 0 atom stereocenters. The van der Waals surface area contributed by atoms with Crippen molar-refractivity contribution in [3.8, 4) is 0 Å². The van der Waals surface area contributed by atoms with E-state index in [1.165, 1.54) is 4.68 Å². The van der Waals surface area contributed by atoms with Gasteiger partial charge in [-0.15, -0.1) is 0 Å². The summed E-state index contributed by atoms with van der Waals surface area (Å²) in [6.07, 6.45) is 0. The Morgan fingerprint density at radius 3 is 2.43 bits per heavy atom. The van der Waals surface area contributed by atoms with E-state index in [0.29, 0.717) is 29.6 Å². The number of amides is 1. The Balaban J connectivity index is 1.77. The number of hydrogen-bond acceptors (Lipinski definition) is 4. The predicted molar refractivity (Wildman–Crippen MR) is 112 cm³/mol. The first-order valence-electron chi connectivity index (χ1n) is 8.94. The minimum absolute atomic E-state index is 0.198. The summed E-state index contributed by atoms with van der Waals surface area (Å²) >= 11 is 1.60. The van der Waals surface area contributed by atoms with Gasteiger partial charge in [0.25, 0.3) is 11.5 Å². The largest absolute Gasteiger partial charge is 0.336 e. The van der Waals surface area contributed by atoms with Crippen LogP contribution in [-0.2, 0) is 13.1 Å². The smallest absolute Gasteiger partial charge is 0.274 e. The number of carbonyl (C=O) groups is 1. The summed E-state index contributed by atoms with van der Waals surface area (Å²) in [4.78, 5) is 27.7. The van der Waals surface area contributed by atoms with Crippen LogP contribution < -0.4 is 5.56 Å². The Kier molecular flexibility index (Phi) is 5.04. The average Bonchev–Trinajstić information content (AvgIpc) is 3.23. The van der Waals surface area contributed by atoms with Crippen LogP contribution in [0.25, 0.3) is 10.8 Å². The number of fused-ring (bicyclic) bond motifs is 1. The molecule has 0 aliphatic heterocycles. The highest BCUT2D eigenvalue weighted by molar-refractivity contribution is 7.07. The van der Waals surface area contributed by atoms with Crippen molar-refractivity contribution in [2.45, 2.75) is 13.1 Å². The average molecular weight is 389 g/mol. The van der Waals surface area contributed by atoms with Crippen molar-refractivity contribution in [2.24, 2.45) is 0 Å². The maximum Gasteiger partial charge on any atom is 0.274 e. The molecule has 4 rings (SSSR count). The quantitative estimate of drug-likeness (QED) is 0.522. The molecule has 0 N–H and O–H groups in total. The molecule has 5 nitrogen and oxygen atoms in total. The molecule has 6 heteroatoms. The van der Waals surface area contributed by atoms with Crippen molar-refractivity contribution in [2.75, 3.05) is 7.05 Å². The van der Waals surface area contributed by atoms with Crippen LogP contribution in [0.15, 0.2) is 76.2 Å². The normalized spacial score (nSPS) is 10.9. The van der Waals surface area contributed by atoms with E-state index in [1.54, 1.807) is 41.5 Å². The molecule has 0 bridgehead atoms. The van der Waals surface area contributed by atoms with Gasteiger partial charge in [-0.05, 0) is 34.0 Å². The Morgan fingerprint density at radius 1 is 1.00 bits per heavy atom. The van der Waals surface area contributed by atoms with E-state index >= 15 is 0 Å². The Labute approximate surface area is 166 Å². The summed E-state index contributed by atoms with van der Waals surface area (Å²) in [5, 5.41) is 9.55. The zero-order valence-corrected chi connectivity index (χ0v) is 16.2. The number of nitrogens with zero attached hydrogens (tertiary/aromatic N) is 3. The number of hydrogen-bond donors (Lipinski definition) is 0. The Hall–Kier alpha value is -3.25. The maximum atomic E-state index is 13.2. The highest BCUT2D eigenvalue weighted by Gasteiger charge is 2.20. The molecule has 0 saturated carbocycles. The van der Waals surface area contributed by atoms with Crippen LogP contribution >= 0.6 is 11.3 Å². The van der Waals surface area contributed by atoms with Crippen LogP contribution in [0.1, 0.15) is 21.6 Å². The second-order valence-corrected chi connectivity index (χ2v) is 7.42. The number of benzene rings is 2. The van der Waals surface area contributed by atoms with Gasteiger partial charge in [-0.3, -0.25) is 9.59 Å². The van der Waals surface area contributed by atoms with E-state index in [2.05, 4.69) is 5.10 Å². The predicted octanol–water partition coefficient (Wildman–Crippen LogP) is 3.78. The lowest BCUT2D eigenvalue weighted by Gasteiger charge is -2.18. The van der Waals surface area contributed by atoms with Crippen molar-refractivity contribution in [1.29, 1.82) is 0 Å². The summed E-state index contributed by atoms with van der Waals surface area (Å²) in [7, 11) is 1.75. The zero-order chi connectivity index (χ0) is 19.5. The minimum Gasteiger partial charge on any atom is -0.336 e. The lowest BCUT2D eigenvalue weighted by atomic mass is 10.1. The second-order valence-electron chi connectivity index (χ2n) is 6.64. The summed E-state index contributed by atoms with van der Waals surface area (Å²) in [5.41, 5.74) is 2.13. The highest BCUT2D eigenvalue weighted by atomic mass is 32.1. The molecule has 2 heterocycles. The fraction of sp³-hybridized carbons (Fsp3) is 0.136. The molecule has 1 amide bonds. The third-order valence-corrected chi connectivity index (χ3v) is 5.32. The topological polar surface area (TPSA) is 55.2 Å². The fourth-order valence-electron chi connectivity index (χ4n) is 3.17. The van der Waals surface area contributed by atoms with Crippen LogP contribution in [0.3, 0.4) is 0 Å². The first kappa shape index (κ1) is 18.1. The molecular weight excluding hydrogens is 370 g/mol. The summed E-state index contributed by atoms with van der Waals surface area (Å²) < 4.78 is 1.38. The SMILES string of the molecule is CN(Cc1ccsc1)C(=O)c1nn(Cc2ccccc2)c(=O)c2ccccc12. The van der Waals surface area contributed by atoms with Gasteiger partial charge in [0.2, 0.25) is 0 Å². The van der Waals surface area contributed by atoms with E-state index in [4.69, 9.17) is 0 Å². The standard InChI is InChI=1S/C22H19N3O2S/c1-24(13-17-11-12-28-15-17)22(27)20-18-9-5-6-10-19(18)21(26)25(23-20)14-16-7-3-2-4-8-16/h2-12,15H,13-14H2,1H3. The molecule has 140 valence electrons. The summed E-state index contributed by atoms with van der Waals surface area (Å²) in [5.74, 6) is -0.204. The van der Waals surface area contributed by atoms with Crippen molar-refractivity contribution in [3.63, 3.8) is 0 Å². The third-order valence-electron chi connectivity index (χ3n) is 4.59. The lowest BCUT2D eigenvalue weighted by Crippen LogP contribution is -2.32. The molecule has 2 aromatic carbocycles. The number of aromatic nitrogens is 2. The molecule has 2 aromatic heterocycles. The van der Waals surface area contributed by atoms with E-state index in [1.807, 2.05) is 53.2 Å².